The number of hydrogen-bond donors (Lipinski definition) is 2. The molecule has 0 aliphatic carbocycles. The van der Waals surface area contributed by atoms with Crippen molar-refractivity contribution in [3.05, 3.63) is 24.0 Å². The summed E-state index contributed by atoms with van der Waals surface area (Å²) >= 11 is 1.45. The molecule has 0 radical (unpaired) electrons. The summed E-state index contributed by atoms with van der Waals surface area (Å²) < 4.78 is 12.7. The summed E-state index contributed by atoms with van der Waals surface area (Å²) in [5.41, 5.74) is 6.05. The van der Waals surface area contributed by atoms with Crippen LogP contribution >= 0.6 is 11.8 Å². The molecule has 0 spiro atoms. The highest BCUT2D eigenvalue weighted by molar-refractivity contribution is 8.00. The summed E-state index contributed by atoms with van der Waals surface area (Å²) in [5, 5.41) is 9.34. The molecule has 3 N–H and O–H groups in total. The van der Waals surface area contributed by atoms with Crippen LogP contribution in [-0.2, 0) is 0 Å². The molecule has 0 bridgehead atoms. The fourth-order valence-electron chi connectivity index (χ4n) is 0.925. The molecule has 4 heteroatoms. The third-order valence-electron chi connectivity index (χ3n) is 1.96. The molecule has 2 atom stereocenters. The minimum Gasteiger partial charge on any atom is -0.398 e. The number of nitrogen functional groups attached to an aromatic ring is 1. The van der Waals surface area contributed by atoms with E-state index in [0.717, 1.165) is 4.90 Å². The zero-order valence-corrected chi connectivity index (χ0v) is 9.01. The van der Waals surface area contributed by atoms with Gasteiger partial charge in [0.15, 0.2) is 0 Å². The van der Waals surface area contributed by atoms with E-state index < -0.39 is 6.10 Å². The van der Waals surface area contributed by atoms with Crippen LogP contribution in [0.1, 0.15) is 13.8 Å². The van der Waals surface area contributed by atoms with Crippen LogP contribution in [0, 0.1) is 5.82 Å². The topological polar surface area (TPSA) is 46.2 Å². The standard InChI is InChI=1S/C10H14FNOS/c1-6(13)7(2)14-10-4-3-8(11)5-9(10)12/h3-7,13H,12H2,1-2H3. The summed E-state index contributed by atoms with van der Waals surface area (Å²) in [6.07, 6.45) is -0.413. The van der Waals surface area contributed by atoms with Crippen LogP contribution in [0.5, 0.6) is 0 Å². The van der Waals surface area contributed by atoms with Crippen LogP contribution in [-0.4, -0.2) is 16.5 Å². The number of anilines is 1. The lowest BCUT2D eigenvalue weighted by Gasteiger charge is -2.15. The van der Waals surface area contributed by atoms with Crippen molar-refractivity contribution in [3.8, 4) is 0 Å². The van der Waals surface area contributed by atoms with Crippen molar-refractivity contribution in [1.29, 1.82) is 0 Å². The highest BCUT2D eigenvalue weighted by atomic mass is 32.2. The predicted octanol–water partition coefficient (Wildman–Crippen LogP) is 2.27. The van der Waals surface area contributed by atoms with Crippen molar-refractivity contribution in [3.63, 3.8) is 0 Å². The molecule has 78 valence electrons. The van der Waals surface area contributed by atoms with Crippen molar-refractivity contribution in [2.75, 3.05) is 5.73 Å². The van der Waals surface area contributed by atoms with Gasteiger partial charge in [-0.15, -0.1) is 11.8 Å². The van der Waals surface area contributed by atoms with Crippen LogP contribution in [0.25, 0.3) is 0 Å². The van der Waals surface area contributed by atoms with Gasteiger partial charge in [-0.3, -0.25) is 0 Å². The summed E-state index contributed by atoms with van der Waals surface area (Å²) in [5.74, 6) is -0.337. The van der Waals surface area contributed by atoms with Gasteiger partial charge in [0.25, 0.3) is 0 Å². The van der Waals surface area contributed by atoms with Gasteiger partial charge in [-0.25, -0.2) is 4.39 Å². The molecule has 0 aliphatic rings. The SMILES string of the molecule is CC(O)C(C)Sc1ccc(F)cc1N. The Morgan fingerprint density at radius 3 is 2.57 bits per heavy atom. The lowest BCUT2D eigenvalue weighted by Crippen LogP contribution is -2.15. The summed E-state index contributed by atoms with van der Waals surface area (Å²) in [7, 11) is 0. The number of hydrogen-bond acceptors (Lipinski definition) is 3. The fourth-order valence-corrected chi connectivity index (χ4v) is 1.86. The van der Waals surface area contributed by atoms with Crippen LogP contribution in [0.4, 0.5) is 10.1 Å². The molecule has 0 aliphatic heterocycles. The minimum atomic E-state index is -0.413. The third kappa shape index (κ3) is 2.89. The van der Waals surface area contributed by atoms with Crippen molar-refractivity contribution >= 4 is 17.4 Å². The quantitative estimate of drug-likeness (QED) is 0.600. The number of rotatable bonds is 3. The third-order valence-corrected chi connectivity index (χ3v) is 3.36. The predicted molar refractivity (Wildman–Crippen MR) is 57.8 cm³/mol. The summed E-state index contributed by atoms with van der Waals surface area (Å²) in [4.78, 5) is 0.805. The van der Waals surface area contributed by atoms with Crippen LogP contribution in [0.3, 0.4) is 0 Å². The molecule has 0 amide bonds. The Hall–Kier alpha value is -0.740. The lowest BCUT2D eigenvalue weighted by atomic mass is 10.3. The Kier molecular flexibility index (Phi) is 3.77. The Morgan fingerprint density at radius 1 is 1.43 bits per heavy atom. The van der Waals surface area contributed by atoms with Crippen molar-refractivity contribution < 1.29 is 9.50 Å². The Morgan fingerprint density at radius 2 is 2.07 bits per heavy atom. The van der Waals surface area contributed by atoms with Crippen LogP contribution in [0.15, 0.2) is 23.1 Å². The number of aliphatic hydroxyl groups is 1. The van der Waals surface area contributed by atoms with Gasteiger partial charge >= 0.3 is 0 Å². The van der Waals surface area contributed by atoms with E-state index in [4.69, 9.17) is 5.73 Å². The second-order valence-electron chi connectivity index (χ2n) is 3.25. The first-order valence-electron chi connectivity index (χ1n) is 4.40. The maximum absolute atomic E-state index is 12.7. The Balaban J connectivity index is 2.77. The second kappa shape index (κ2) is 4.66. The molecule has 0 aromatic heterocycles. The molecule has 0 fully saturated rings. The first kappa shape index (κ1) is 11.3. The van der Waals surface area contributed by atoms with E-state index in [1.165, 1.54) is 23.9 Å². The van der Waals surface area contributed by atoms with Crippen LogP contribution in [0.2, 0.25) is 0 Å². The zero-order chi connectivity index (χ0) is 10.7. The van der Waals surface area contributed by atoms with Crippen molar-refractivity contribution in [1.82, 2.24) is 0 Å². The average Bonchev–Trinajstić information content (AvgIpc) is 2.09. The lowest BCUT2D eigenvalue weighted by molar-refractivity contribution is 0.196. The van der Waals surface area contributed by atoms with Gasteiger partial charge in [0.1, 0.15) is 5.82 Å². The van der Waals surface area contributed by atoms with Gasteiger partial charge in [0.05, 0.1) is 6.10 Å². The first-order chi connectivity index (χ1) is 6.50. The van der Waals surface area contributed by atoms with Gasteiger partial charge in [-0.05, 0) is 25.1 Å². The molecule has 1 aromatic carbocycles. The van der Waals surface area contributed by atoms with E-state index in [-0.39, 0.29) is 11.1 Å². The Labute approximate surface area is 87.3 Å². The minimum absolute atomic E-state index is 0.0442. The monoisotopic (exact) mass is 215 g/mol. The number of thioether (sulfide) groups is 1. The van der Waals surface area contributed by atoms with Gasteiger partial charge < -0.3 is 10.8 Å². The molecule has 2 unspecified atom stereocenters. The zero-order valence-electron chi connectivity index (χ0n) is 8.20. The largest absolute Gasteiger partial charge is 0.398 e. The molecular weight excluding hydrogens is 201 g/mol. The highest BCUT2D eigenvalue weighted by Crippen LogP contribution is 2.30. The molecule has 2 nitrogen and oxygen atoms in total. The number of nitrogens with two attached hydrogens (primary N) is 1. The Bertz CT molecular complexity index is 317. The van der Waals surface area contributed by atoms with E-state index in [1.807, 2.05) is 6.92 Å². The fraction of sp³-hybridized carbons (Fsp3) is 0.400. The molecule has 0 heterocycles. The van der Waals surface area contributed by atoms with Crippen molar-refractivity contribution in [2.45, 2.75) is 30.1 Å². The molecule has 14 heavy (non-hydrogen) atoms. The number of halogens is 1. The molecule has 0 saturated carbocycles. The van der Waals surface area contributed by atoms with Gasteiger partial charge in [-0.1, -0.05) is 6.92 Å². The second-order valence-corrected chi connectivity index (χ2v) is 4.66. The van der Waals surface area contributed by atoms with Gasteiger partial charge in [-0.2, -0.15) is 0 Å². The molecule has 1 rings (SSSR count). The van der Waals surface area contributed by atoms with E-state index >= 15 is 0 Å². The summed E-state index contributed by atoms with van der Waals surface area (Å²) in [6, 6.07) is 4.29. The number of benzene rings is 1. The van der Waals surface area contributed by atoms with Crippen molar-refractivity contribution in [2.24, 2.45) is 0 Å². The summed E-state index contributed by atoms with van der Waals surface area (Å²) in [6.45, 7) is 3.62. The molecule has 1 aromatic rings. The average molecular weight is 215 g/mol. The van der Waals surface area contributed by atoms with E-state index in [1.54, 1.807) is 13.0 Å². The smallest absolute Gasteiger partial charge is 0.125 e. The van der Waals surface area contributed by atoms with E-state index in [9.17, 15) is 9.50 Å². The van der Waals surface area contributed by atoms with E-state index in [2.05, 4.69) is 0 Å². The number of aliphatic hydroxyl groups excluding tert-OH is 1. The van der Waals surface area contributed by atoms with E-state index in [0.29, 0.717) is 5.69 Å². The molecule has 0 saturated heterocycles. The normalized spacial score (nSPS) is 15.1. The molecular formula is C10H14FNOS. The van der Waals surface area contributed by atoms with Crippen LogP contribution < -0.4 is 5.73 Å². The van der Waals surface area contributed by atoms with Gasteiger partial charge in [0.2, 0.25) is 0 Å². The maximum Gasteiger partial charge on any atom is 0.125 e. The maximum atomic E-state index is 12.7. The first-order valence-corrected chi connectivity index (χ1v) is 5.28. The highest BCUT2D eigenvalue weighted by Gasteiger charge is 2.12. The van der Waals surface area contributed by atoms with Gasteiger partial charge in [0, 0.05) is 15.8 Å².